The van der Waals surface area contributed by atoms with E-state index in [1.54, 1.807) is 21.3 Å². The second-order valence-corrected chi connectivity index (χ2v) is 9.00. The van der Waals surface area contributed by atoms with Crippen LogP contribution in [0.2, 0.25) is 0 Å². The van der Waals surface area contributed by atoms with Crippen molar-refractivity contribution in [2.45, 2.75) is 38.9 Å². The smallest absolute Gasteiger partial charge is 0.251 e. The number of hydrogen-bond donors (Lipinski definition) is 1. The number of aryl methyl sites for hydroxylation is 1. The number of hydrogen-bond acceptors (Lipinski definition) is 5. The van der Waals surface area contributed by atoms with Crippen LogP contribution in [0.25, 0.3) is 0 Å². The molecule has 0 radical (unpaired) electrons. The van der Waals surface area contributed by atoms with E-state index >= 15 is 0 Å². The summed E-state index contributed by atoms with van der Waals surface area (Å²) in [6.07, 6.45) is 0.884. The maximum atomic E-state index is 13.2. The van der Waals surface area contributed by atoms with Crippen molar-refractivity contribution in [2.75, 3.05) is 27.9 Å². The van der Waals surface area contributed by atoms with Crippen LogP contribution in [-0.2, 0) is 13.0 Å². The molecular formula is C29H34N2O4. The van der Waals surface area contributed by atoms with Gasteiger partial charge in [0.15, 0.2) is 11.5 Å². The maximum Gasteiger partial charge on any atom is 0.251 e. The molecule has 3 aromatic carbocycles. The predicted octanol–water partition coefficient (Wildman–Crippen LogP) is 4.94. The summed E-state index contributed by atoms with van der Waals surface area (Å²) in [7, 11) is 4.99. The summed E-state index contributed by atoms with van der Waals surface area (Å²) >= 11 is 0. The fourth-order valence-corrected chi connectivity index (χ4v) is 4.99. The zero-order valence-corrected chi connectivity index (χ0v) is 21.1. The molecule has 1 aliphatic heterocycles. The van der Waals surface area contributed by atoms with Crippen molar-refractivity contribution in [1.82, 2.24) is 10.2 Å². The minimum absolute atomic E-state index is 0.0438. The van der Waals surface area contributed by atoms with Crippen LogP contribution in [0.15, 0.2) is 60.7 Å². The molecule has 1 heterocycles. The van der Waals surface area contributed by atoms with Gasteiger partial charge in [0.25, 0.3) is 5.91 Å². The van der Waals surface area contributed by atoms with Gasteiger partial charge in [-0.25, -0.2) is 0 Å². The van der Waals surface area contributed by atoms with E-state index in [1.807, 2.05) is 43.3 Å². The lowest BCUT2D eigenvalue weighted by Crippen LogP contribution is -2.47. The highest BCUT2D eigenvalue weighted by molar-refractivity contribution is 5.95. The Morgan fingerprint density at radius 1 is 1.00 bits per heavy atom. The molecule has 0 spiro atoms. The zero-order valence-electron chi connectivity index (χ0n) is 21.1. The molecule has 0 fully saturated rings. The molecule has 35 heavy (non-hydrogen) atoms. The van der Waals surface area contributed by atoms with E-state index in [4.69, 9.17) is 14.2 Å². The minimum atomic E-state index is -0.148. The molecule has 1 N–H and O–H groups in total. The van der Waals surface area contributed by atoms with Gasteiger partial charge in [0.2, 0.25) is 0 Å². The number of methoxy groups -OCH3 is 3. The van der Waals surface area contributed by atoms with E-state index in [0.717, 1.165) is 47.7 Å². The third-order valence-corrected chi connectivity index (χ3v) is 6.77. The number of nitrogens with one attached hydrogen (secondary N) is 1. The maximum absolute atomic E-state index is 13.2. The molecule has 1 aliphatic rings. The first-order valence-corrected chi connectivity index (χ1v) is 11.9. The SMILES string of the molecule is COc1cccc(CN2CCc3cc(OC)c(OC)cc3[C@H]2[C@@H](C)NC(=O)c2ccccc2C)c1. The third kappa shape index (κ3) is 5.28. The zero-order chi connectivity index (χ0) is 24.9. The summed E-state index contributed by atoms with van der Waals surface area (Å²) < 4.78 is 16.6. The van der Waals surface area contributed by atoms with Crippen LogP contribution in [0.3, 0.4) is 0 Å². The molecule has 0 saturated heterocycles. The molecule has 1 amide bonds. The van der Waals surface area contributed by atoms with Gasteiger partial charge in [0.05, 0.1) is 27.4 Å². The highest BCUT2D eigenvalue weighted by atomic mass is 16.5. The van der Waals surface area contributed by atoms with Gasteiger partial charge in [-0.15, -0.1) is 0 Å². The quantitative estimate of drug-likeness (QED) is 0.501. The Labute approximate surface area is 207 Å². The predicted molar refractivity (Wildman–Crippen MR) is 138 cm³/mol. The second kappa shape index (κ2) is 10.8. The number of fused-ring (bicyclic) bond motifs is 1. The number of amides is 1. The molecule has 3 aromatic rings. The molecule has 2 atom stereocenters. The van der Waals surface area contributed by atoms with Crippen molar-refractivity contribution in [3.05, 3.63) is 88.5 Å². The standard InChI is InChI=1S/C29H34N2O4/c1-19-9-6-7-12-24(19)29(32)30-20(2)28-25-17-27(35-5)26(34-4)16-22(25)13-14-31(28)18-21-10-8-11-23(15-21)33-3/h6-12,15-17,20,28H,13-14,18H2,1-5H3,(H,30,32)/t20-,28-/m1/s1. The van der Waals surface area contributed by atoms with Crippen LogP contribution in [0.4, 0.5) is 0 Å². The Morgan fingerprint density at radius 2 is 1.74 bits per heavy atom. The number of benzene rings is 3. The lowest BCUT2D eigenvalue weighted by atomic mass is 9.87. The van der Waals surface area contributed by atoms with Crippen LogP contribution in [0, 0.1) is 6.92 Å². The molecule has 0 bridgehead atoms. The summed E-state index contributed by atoms with van der Waals surface area (Å²) in [6.45, 7) is 5.63. The van der Waals surface area contributed by atoms with E-state index < -0.39 is 0 Å². The monoisotopic (exact) mass is 474 g/mol. The minimum Gasteiger partial charge on any atom is -0.497 e. The van der Waals surface area contributed by atoms with Gasteiger partial charge in [0, 0.05) is 24.7 Å². The molecule has 6 nitrogen and oxygen atoms in total. The first-order valence-electron chi connectivity index (χ1n) is 11.9. The van der Waals surface area contributed by atoms with Crippen molar-refractivity contribution >= 4 is 5.91 Å². The fraction of sp³-hybridized carbons (Fsp3) is 0.345. The topological polar surface area (TPSA) is 60.0 Å². The van der Waals surface area contributed by atoms with E-state index in [2.05, 4.69) is 41.4 Å². The lowest BCUT2D eigenvalue weighted by Gasteiger charge is -2.41. The summed E-state index contributed by atoms with van der Waals surface area (Å²) in [4.78, 5) is 15.6. The molecule has 0 aliphatic carbocycles. The van der Waals surface area contributed by atoms with Crippen LogP contribution >= 0.6 is 0 Å². The Morgan fingerprint density at radius 3 is 2.46 bits per heavy atom. The average Bonchev–Trinajstić information content (AvgIpc) is 2.87. The van der Waals surface area contributed by atoms with Crippen LogP contribution in [0.5, 0.6) is 17.2 Å². The number of rotatable bonds is 8. The lowest BCUT2D eigenvalue weighted by molar-refractivity contribution is 0.0876. The van der Waals surface area contributed by atoms with Gasteiger partial charge >= 0.3 is 0 Å². The molecule has 0 aromatic heterocycles. The molecule has 0 saturated carbocycles. The van der Waals surface area contributed by atoms with Crippen LogP contribution in [-0.4, -0.2) is 44.7 Å². The van der Waals surface area contributed by atoms with Crippen molar-refractivity contribution < 1.29 is 19.0 Å². The number of carbonyl (C=O) groups is 1. The molecule has 6 heteroatoms. The third-order valence-electron chi connectivity index (χ3n) is 6.77. The van der Waals surface area contributed by atoms with Crippen LogP contribution in [0.1, 0.15) is 45.6 Å². The second-order valence-electron chi connectivity index (χ2n) is 9.00. The largest absolute Gasteiger partial charge is 0.497 e. The number of ether oxygens (including phenoxy) is 3. The van der Waals surface area contributed by atoms with Gasteiger partial charge in [-0.05, 0) is 72.9 Å². The van der Waals surface area contributed by atoms with E-state index in [1.165, 1.54) is 5.56 Å². The molecular weight excluding hydrogens is 440 g/mol. The normalized spacial score (nSPS) is 16.2. The molecule has 0 unspecified atom stereocenters. The summed E-state index contributed by atoms with van der Waals surface area (Å²) in [5.74, 6) is 2.19. The Balaban J connectivity index is 1.70. The highest BCUT2D eigenvalue weighted by Gasteiger charge is 2.34. The number of nitrogens with zero attached hydrogens (tertiary/aromatic N) is 1. The van der Waals surface area contributed by atoms with Gasteiger partial charge in [-0.1, -0.05) is 30.3 Å². The van der Waals surface area contributed by atoms with Crippen molar-refractivity contribution in [3.63, 3.8) is 0 Å². The van der Waals surface area contributed by atoms with E-state index in [9.17, 15) is 4.79 Å². The summed E-state index contributed by atoms with van der Waals surface area (Å²) in [5.41, 5.74) is 5.18. The Bertz CT molecular complexity index is 1190. The van der Waals surface area contributed by atoms with Gasteiger partial charge in [0.1, 0.15) is 5.75 Å². The van der Waals surface area contributed by atoms with Gasteiger partial charge in [-0.3, -0.25) is 9.69 Å². The molecule has 4 rings (SSSR count). The number of carbonyl (C=O) groups excluding carboxylic acids is 1. The highest BCUT2D eigenvalue weighted by Crippen LogP contribution is 2.40. The van der Waals surface area contributed by atoms with E-state index in [0.29, 0.717) is 11.3 Å². The summed E-state index contributed by atoms with van der Waals surface area (Å²) in [5, 5.41) is 3.27. The average molecular weight is 475 g/mol. The van der Waals surface area contributed by atoms with Crippen molar-refractivity contribution in [2.24, 2.45) is 0 Å². The first-order chi connectivity index (χ1) is 16.9. The summed E-state index contributed by atoms with van der Waals surface area (Å²) in [6, 6.07) is 19.8. The van der Waals surface area contributed by atoms with Gasteiger partial charge < -0.3 is 19.5 Å². The Hall–Kier alpha value is -3.51. The van der Waals surface area contributed by atoms with Crippen molar-refractivity contribution in [1.29, 1.82) is 0 Å². The Kier molecular flexibility index (Phi) is 7.61. The molecule has 184 valence electrons. The first kappa shape index (κ1) is 24.6. The fourth-order valence-electron chi connectivity index (χ4n) is 4.99. The van der Waals surface area contributed by atoms with E-state index in [-0.39, 0.29) is 18.0 Å². The van der Waals surface area contributed by atoms with Crippen LogP contribution < -0.4 is 19.5 Å². The van der Waals surface area contributed by atoms with Crippen molar-refractivity contribution in [3.8, 4) is 17.2 Å². The van der Waals surface area contributed by atoms with Gasteiger partial charge in [-0.2, -0.15) is 0 Å².